The summed E-state index contributed by atoms with van der Waals surface area (Å²) in [5.74, 6) is 2.19. The first kappa shape index (κ1) is 15.2. The summed E-state index contributed by atoms with van der Waals surface area (Å²) < 4.78 is 0. The van der Waals surface area contributed by atoms with Crippen LogP contribution >= 0.6 is 0 Å². The first-order valence-electron chi connectivity index (χ1n) is 6.71. The van der Waals surface area contributed by atoms with Crippen LogP contribution in [0.2, 0.25) is 0 Å². The number of nitrogens with one attached hydrogen (secondary N) is 2. The number of rotatable bonds is 7. The second-order valence-electron chi connectivity index (χ2n) is 4.14. The zero-order chi connectivity index (χ0) is 14.3. The average molecular weight is 265 g/mol. The van der Waals surface area contributed by atoms with E-state index >= 15 is 0 Å². The Morgan fingerprint density at radius 1 is 1.16 bits per heavy atom. The molecule has 1 aromatic rings. The molecule has 0 aliphatic heterocycles. The quantitative estimate of drug-likeness (QED) is 0.782. The summed E-state index contributed by atoms with van der Waals surface area (Å²) in [6.07, 6.45) is 0. The molecular weight excluding hydrogens is 242 g/mol. The molecule has 0 fully saturated rings. The van der Waals surface area contributed by atoms with Gasteiger partial charge in [0.25, 0.3) is 0 Å². The number of aryl methyl sites for hydroxylation is 1. The van der Waals surface area contributed by atoms with E-state index in [1.165, 1.54) is 0 Å². The van der Waals surface area contributed by atoms with Crippen LogP contribution in [-0.2, 0) is 4.79 Å². The van der Waals surface area contributed by atoms with Crippen LogP contribution < -0.4 is 10.6 Å². The zero-order valence-corrected chi connectivity index (χ0v) is 12.2. The molecule has 0 bridgehead atoms. The molecule has 0 saturated heterocycles. The minimum absolute atomic E-state index is 0.0752. The second-order valence-corrected chi connectivity index (χ2v) is 4.14. The molecule has 1 amide bonds. The highest BCUT2D eigenvalue weighted by Crippen LogP contribution is 2.10. The zero-order valence-electron chi connectivity index (χ0n) is 12.2. The van der Waals surface area contributed by atoms with Crippen LogP contribution in [0.3, 0.4) is 0 Å². The van der Waals surface area contributed by atoms with E-state index in [2.05, 4.69) is 20.6 Å². The van der Waals surface area contributed by atoms with E-state index in [4.69, 9.17) is 0 Å². The molecule has 0 atom stereocenters. The lowest BCUT2D eigenvalue weighted by molar-refractivity contribution is -0.128. The number of hydrogen-bond donors (Lipinski definition) is 2. The Kier molecular flexibility index (Phi) is 6.05. The van der Waals surface area contributed by atoms with E-state index in [0.717, 1.165) is 25.5 Å². The van der Waals surface area contributed by atoms with Gasteiger partial charge in [-0.15, -0.1) is 0 Å². The molecule has 0 radical (unpaired) electrons. The van der Waals surface area contributed by atoms with Crippen molar-refractivity contribution in [2.24, 2.45) is 0 Å². The number of carbonyl (C=O) groups excluding carboxylic acids is 1. The van der Waals surface area contributed by atoms with Gasteiger partial charge < -0.3 is 15.5 Å². The third kappa shape index (κ3) is 4.73. The highest BCUT2D eigenvalue weighted by Gasteiger charge is 2.09. The summed E-state index contributed by atoms with van der Waals surface area (Å²) in [6, 6.07) is 1.81. The van der Waals surface area contributed by atoms with E-state index in [9.17, 15) is 4.79 Å². The van der Waals surface area contributed by atoms with Crippen molar-refractivity contribution in [3.8, 4) is 0 Å². The van der Waals surface area contributed by atoms with Gasteiger partial charge in [-0.1, -0.05) is 0 Å². The Bertz CT molecular complexity index is 417. The highest BCUT2D eigenvalue weighted by atomic mass is 16.2. The monoisotopic (exact) mass is 265 g/mol. The number of anilines is 2. The van der Waals surface area contributed by atoms with Gasteiger partial charge in [0.05, 0.1) is 6.54 Å². The molecule has 1 heterocycles. The van der Waals surface area contributed by atoms with E-state index in [0.29, 0.717) is 11.6 Å². The van der Waals surface area contributed by atoms with Gasteiger partial charge >= 0.3 is 0 Å². The van der Waals surface area contributed by atoms with Crippen LogP contribution in [0, 0.1) is 6.92 Å². The van der Waals surface area contributed by atoms with Gasteiger partial charge in [-0.3, -0.25) is 4.79 Å². The van der Waals surface area contributed by atoms with Gasteiger partial charge in [-0.2, -0.15) is 0 Å². The molecule has 0 aromatic carbocycles. The first-order valence-corrected chi connectivity index (χ1v) is 6.71. The summed E-state index contributed by atoms with van der Waals surface area (Å²) in [5, 5.41) is 6.19. The van der Waals surface area contributed by atoms with Crippen molar-refractivity contribution in [3.63, 3.8) is 0 Å². The molecule has 1 aromatic heterocycles. The highest BCUT2D eigenvalue weighted by molar-refractivity contribution is 5.80. The predicted molar refractivity (Wildman–Crippen MR) is 77.4 cm³/mol. The SMILES string of the molecule is CCNc1cc(NCC(=O)N(CC)CC)nc(C)n1. The standard InChI is InChI=1S/C13H23N5O/c1-5-14-11-8-12(17-10(4)16-11)15-9-13(19)18(6-2)7-3/h8H,5-7,9H2,1-4H3,(H2,14,15,16,17). The van der Waals surface area contributed by atoms with Crippen molar-refractivity contribution >= 4 is 17.5 Å². The van der Waals surface area contributed by atoms with Crippen molar-refractivity contribution in [2.75, 3.05) is 36.8 Å². The van der Waals surface area contributed by atoms with Gasteiger partial charge in [0, 0.05) is 25.7 Å². The summed E-state index contributed by atoms with van der Waals surface area (Å²) in [6.45, 7) is 10.3. The maximum Gasteiger partial charge on any atom is 0.241 e. The molecule has 6 nitrogen and oxygen atoms in total. The van der Waals surface area contributed by atoms with E-state index in [1.807, 2.05) is 33.8 Å². The minimum atomic E-state index is 0.0752. The predicted octanol–water partition coefficient (Wildman–Crippen LogP) is 1.50. The van der Waals surface area contributed by atoms with Crippen molar-refractivity contribution in [2.45, 2.75) is 27.7 Å². The number of nitrogens with zero attached hydrogens (tertiary/aromatic N) is 3. The van der Waals surface area contributed by atoms with Crippen LogP contribution in [0.1, 0.15) is 26.6 Å². The van der Waals surface area contributed by atoms with Crippen molar-refractivity contribution < 1.29 is 4.79 Å². The van der Waals surface area contributed by atoms with Gasteiger partial charge in [0.15, 0.2) is 0 Å². The van der Waals surface area contributed by atoms with Crippen molar-refractivity contribution in [1.29, 1.82) is 0 Å². The van der Waals surface area contributed by atoms with Crippen LogP contribution in [0.5, 0.6) is 0 Å². The van der Waals surface area contributed by atoms with Crippen LogP contribution in [0.4, 0.5) is 11.6 Å². The number of amides is 1. The fourth-order valence-corrected chi connectivity index (χ4v) is 1.78. The van der Waals surface area contributed by atoms with Gasteiger partial charge in [-0.25, -0.2) is 9.97 Å². The Morgan fingerprint density at radius 2 is 1.74 bits per heavy atom. The summed E-state index contributed by atoms with van der Waals surface area (Å²) in [4.78, 5) is 22.2. The largest absolute Gasteiger partial charge is 0.370 e. The van der Waals surface area contributed by atoms with E-state index < -0.39 is 0 Å². The fourth-order valence-electron chi connectivity index (χ4n) is 1.78. The Labute approximate surface area is 114 Å². The number of hydrogen-bond acceptors (Lipinski definition) is 5. The maximum absolute atomic E-state index is 11.9. The molecule has 19 heavy (non-hydrogen) atoms. The normalized spacial score (nSPS) is 10.1. The van der Waals surface area contributed by atoms with E-state index in [-0.39, 0.29) is 12.5 Å². The molecule has 1 rings (SSSR count). The second kappa shape index (κ2) is 7.56. The van der Waals surface area contributed by atoms with Crippen LogP contribution in [0.25, 0.3) is 0 Å². The lowest BCUT2D eigenvalue weighted by atomic mass is 10.4. The molecule has 0 aliphatic rings. The Morgan fingerprint density at radius 3 is 2.26 bits per heavy atom. The summed E-state index contributed by atoms with van der Waals surface area (Å²) in [5.41, 5.74) is 0. The maximum atomic E-state index is 11.9. The van der Waals surface area contributed by atoms with Crippen molar-refractivity contribution in [1.82, 2.24) is 14.9 Å². The number of likely N-dealkylation sites (N-methyl/N-ethyl adjacent to an activating group) is 1. The molecule has 0 unspecified atom stereocenters. The molecule has 0 aliphatic carbocycles. The minimum Gasteiger partial charge on any atom is -0.370 e. The van der Waals surface area contributed by atoms with Crippen LogP contribution in [-0.4, -0.2) is 47.0 Å². The third-order valence-electron chi connectivity index (χ3n) is 2.73. The lowest BCUT2D eigenvalue weighted by Gasteiger charge is -2.19. The molecular formula is C13H23N5O. The lowest BCUT2D eigenvalue weighted by Crippen LogP contribution is -2.35. The van der Waals surface area contributed by atoms with Gasteiger partial charge in [0.2, 0.25) is 5.91 Å². The van der Waals surface area contributed by atoms with E-state index in [1.54, 1.807) is 4.90 Å². The molecule has 6 heteroatoms. The fraction of sp³-hybridized carbons (Fsp3) is 0.615. The Hall–Kier alpha value is -1.85. The Balaban J connectivity index is 2.64. The molecule has 106 valence electrons. The van der Waals surface area contributed by atoms with Crippen LogP contribution in [0.15, 0.2) is 6.07 Å². The van der Waals surface area contributed by atoms with Gasteiger partial charge in [0.1, 0.15) is 17.5 Å². The molecule has 0 saturated carbocycles. The topological polar surface area (TPSA) is 70.2 Å². The average Bonchev–Trinajstić information content (AvgIpc) is 2.37. The first-order chi connectivity index (χ1) is 9.10. The molecule has 0 spiro atoms. The molecule has 2 N–H and O–H groups in total. The number of aromatic nitrogens is 2. The third-order valence-corrected chi connectivity index (χ3v) is 2.73. The summed E-state index contributed by atoms with van der Waals surface area (Å²) >= 11 is 0. The van der Waals surface area contributed by atoms with Gasteiger partial charge in [-0.05, 0) is 27.7 Å². The number of carbonyl (C=O) groups is 1. The summed E-state index contributed by atoms with van der Waals surface area (Å²) in [7, 11) is 0. The van der Waals surface area contributed by atoms with Crippen molar-refractivity contribution in [3.05, 3.63) is 11.9 Å². The smallest absolute Gasteiger partial charge is 0.241 e.